The number of rotatable bonds is 15. The summed E-state index contributed by atoms with van der Waals surface area (Å²) in [5.74, 6) is -6.64. The molecule has 0 spiro atoms. The molecule has 2 rings (SSSR count). The number of aliphatic carboxylic acids is 2. The molecule has 14 nitrogen and oxygen atoms in total. The third-order valence-corrected chi connectivity index (χ3v) is 7.21. The lowest BCUT2D eigenvalue weighted by Crippen LogP contribution is -2.48. The molecule has 0 aliphatic heterocycles. The second-order valence-corrected chi connectivity index (χ2v) is 9.57. The van der Waals surface area contributed by atoms with Gasteiger partial charge in [-0.05, 0) is 38.5 Å². The molecule has 1 amide bonds. The summed E-state index contributed by atoms with van der Waals surface area (Å²) in [6.07, 6.45) is 5.37. The Kier molecular flexibility index (Phi) is 11.9. The van der Waals surface area contributed by atoms with Crippen LogP contribution in [-0.2, 0) is 19.2 Å². The zero-order valence-electron chi connectivity index (χ0n) is 20.2. The predicted octanol–water partition coefficient (Wildman–Crippen LogP) is 1.48. The minimum atomic E-state index is -1.32. The summed E-state index contributed by atoms with van der Waals surface area (Å²) in [6, 6.07) is -2.34. The van der Waals surface area contributed by atoms with E-state index in [4.69, 9.17) is 4.84 Å². The zero-order valence-corrected chi connectivity index (χ0v) is 20.2. The number of carboxylic acid groups (broad SMARTS) is 2. The second kappa shape index (κ2) is 14.6. The largest absolute Gasteiger partial charge is 0.481 e. The minimum Gasteiger partial charge on any atom is -0.481 e. The van der Waals surface area contributed by atoms with Crippen molar-refractivity contribution in [2.45, 2.75) is 76.3 Å². The number of carbonyl (C=O) groups is 3. The van der Waals surface area contributed by atoms with Crippen molar-refractivity contribution in [3.63, 3.8) is 0 Å². The summed E-state index contributed by atoms with van der Waals surface area (Å²) >= 11 is 0. The molecule has 0 saturated heterocycles. The first-order valence-electron chi connectivity index (χ1n) is 12.5. The van der Waals surface area contributed by atoms with Gasteiger partial charge in [-0.3, -0.25) is 34.6 Å². The van der Waals surface area contributed by atoms with Crippen molar-refractivity contribution in [2.24, 2.45) is 23.7 Å². The van der Waals surface area contributed by atoms with Crippen molar-refractivity contribution < 1.29 is 39.3 Å². The highest BCUT2D eigenvalue weighted by Crippen LogP contribution is 2.33. The maximum Gasteiger partial charge on any atom is 0.314 e. The summed E-state index contributed by atoms with van der Waals surface area (Å²) in [5, 5.41) is 43.8. The van der Waals surface area contributed by atoms with Crippen LogP contribution in [0, 0.1) is 43.9 Å². The number of carbonyl (C=O) groups excluding carboxylic acids is 1. The molecule has 2 aliphatic carbocycles. The third kappa shape index (κ3) is 8.36. The van der Waals surface area contributed by atoms with E-state index in [9.17, 15) is 44.8 Å². The zero-order chi connectivity index (χ0) is 26.7. The van der Waals surface area contributed by atoms with Crippen LogP contribution in [0.15, 0.2) is 0 Å². The van der Waals surface area contributed by atoms with Crippen molar-refractivity contribution in [3.05, 3.63) is 20.2 Å². The molecule has 0 aromatic carbocycles. The van der Waals surface area contributed by atoms with Crippen LogP contribution in [0.25, 0.3) is 0 Å². The molecule has 204 valence electrons. The van der Waals surface area contributed by atoms with Gasteiger partial charge in [-0.1, -0.05) is 12.8 Å². The highest BCUT2D eigenvalue weighted by Gasteiger charge is 2.48. The molecule has 0 bridgehead atoms. The van der Waals surface area contributed by atoms with Gasteiger partial charge in [0.25, 0.3) is 0 Å². The topological polar surface area (TPSA) is 211 Å². The van der Waals surface area contributed by atoms with E-state index >= 15 is 0 Å². The summed E-state index contributed by atoms with van der Waals surface area (Å²) in [6.45, 7) is 0.952. The molecule has 2 saturated carbocycles. The fourth-order valence-corrected chi connectivity index (χ4v) is 5.35. The number of amides is 1. The third-order valence-electron chi connectivity index (χ3n) is 7.21. The lowest BCUT2D eigenvalue weighted by molar-refractivity contribution is -0.535. The van der Waals surface area contributed by atoms with E-state index in [2.05, 4.69) is 10.8 Å². The number of nitrogens with one attached hydrogen (secondary N) is 2. The van der Waals surface area contributed by atoms with Crippen LogP contribution in [0.3, 0.4) is 0 Å². The average Bonchev–Trinajstić information content (AvgIpc) is 2.83. The van der Waals surface area contributed by atoms with E-state index < -0.39 is 63.4 Å². The van der Waals surface area contributed by atoms with Gasteiger partial charge in [0, 0.05) is 41.7 Å². The van der Waals surface area contributed by atoms with Gasteiger partial charge in [0.05, 0.1) is 12.5 Å². The van der Waals surface area contributed by atoms with Crippen LogP contribution < -0.4 is 10.8 Å². The molecule has 2 fully saturated rings. The molecule has 0 radical (unpaired) electrons. The van der Waals surface area contributed by atoms with Crippen molar-refractivity contribution in [1.29, 1.82) is 0 Å². The van der Waals surface area contributed by atoms with Gasteiger partial charge in [0.2, 0.25) is 18.0 Å². The van der Waals surface area contributed by atoms with Crippen molar-refractivity contribution in [3.8, 4) is 0 Å². The second-order valence-electron chi connectivity index (χ2n) is 9.57. The van der Waals surface area contributed by atoms with Gasteiger partial charge in [-0.2, -0.15) is 0 Å². The van der Waals surface area contributed by atoms with E-state index in [1.165, 1.54) is 0 Å². The van der Waals surface area contributed by atoms with Gasteiger partial charge in [0.15, 0.2) is 0 Å². The Bertz CT molecular complexity index is 795. The maximum atomic E-state index is 12.4. The summed E-state index contributed by atoms with van der Waals surface area (Å²) in [7, 11) is 0. The standard InChI is InChI=1S/C22H36N4O10/c27-20(15-8-6-10-17(26(34)35)19(15)22(30)31)23-11-3-1-2-4-12-24-36-13-14-7-5-9-16(25(32)33)18(14)21(28)29/h14-19,24H,1-13H2,(H,23,27)(H,28,29)(H,30,31). The van der Waals surface area contributed by atoms with Crippen LogP contribution in [0.4, 0.5) is 0 Å². The minimum absolute atomic E-state index is 0.0865. The fourth-order valence-electron chi connectivity index (χ4n) is 5.35. The molecule has 2 aliphatic rings. The quantitative estimate of drug-likeness (QED) is 0.139. The monoisotopic (exact) mass is 516 g/mol. The lowest BCUT2D eigenvalue weighted by atomic mass is 9.75. The van der Waals surface area contributed by atoms with Crippen LogP contribution in [0.5, 0.6) is 0 Å². The van der Waals surface area contributed by atoms with Crippen molar-refractivity contribution >= 4 is 17.8 Å². The Morgan fingerprint density at radius 3 is 1.94 bits per heavy atom. The number of nitro groups is 2. The lowest BCUT2D eigenvalue weighted by Gasteiger charge is -2.30. The first-order chi connectivity index (χ1) is 17.1. The molecule has 0 aromatic rings. The Labute approximate surface area is 208 Å². The molecule has 0 heterocycles. The smallest absolute Gasteiger partial charge is 0.314 e. The number of nitrogens with zero attached hydrogens (tertiary/aromatic N) is 2. The van der Waals surface area contributed by atoms with Crippen molar-refractivity contribution in [2.75, 3.05) is 19.7 Å². The normalized spacial score (nSPS) is 28.2. The van der Waals surface area contributed by atoms with Crippen LogP contribution >= 0.6 is 0 Å². The predicted molar refractivity (Wildman–Crippen MR) is 124 cm³/mol. The molecule has 4 N–H and O–H groups in total. The highest BCUT2D eigenvalue weighted by atomic mass is 16.6. The summed E-state index contributed by atoms with van der Waals surface area (Å²) in [5.41, 5.74) is 2.77. The summed E-state index contributed by atoms with van der Waals surface area (Å²) < 4.78 is 0. The molecule has 36 heavy (non-hydrogen) atoms. The van der Waals surface area contributed by atoms with Gasteiger partial charge in [-0.15, -0.1) is 0 Å². The van der Waals surface area contributed by atoms with Gasteiger partial charge in [0.1, 0.15) is 11.8 Å². The van der Waals surface area contributed by atoms with Gasteiger partial charge >= 0.3 is 11.9 Å². The first kappa shape index (κ1) is 29.4. The maximum absolute atomic E-state index is 12.4. The Morgan fingerprint density at radius 2 is 1.36 bits per heavy atom. The Balaban J connectivity index is 1.58. The average molecular weight is 517 g/mol. The molecular formula is C22H36N4O10. The van der Waals surface area contributed by atoms with E-state index in [-0.39, 0.29) is 19.4 Å². The Hall–Kier alpha value is -2.87. The first-order valence-corrected chi connectivity index (χ1v) is 12.5. The SMILES string of the molecule is O=C(NCCCCCCNOCC1CCCC([N+](=O)[O-])C1C(=O)O)C1CCCC([N+](=O)[O-])C1C(=O)O. The fraction of sp³-hybridized carbons (Fsp3) is 0.864. The van der Waals surface area contributed by atoms with Gasteiger partial charge < -0.3 is 20.4 Å². The van der Waals surface area contributed by atoms with E-state index in [0.717, 1.165) is 19.3 Å². The number of carboxylic acids is 2. The Morgan fingerprint density at radius 1 is 0.806 bits per heavy atom. The molecule has 14 heteroatoms. The molecule has 6 atom stereocenters. The van der Waals surface area contributed by atoms with Crippen LogP contribution in [0.2, 0.25) is 0 Å². The number of hydrogen-bond acceptors (Lipinski definition) is 9. The van der Waals surface area contributed by atoms with Crippen LogP contribution in [-0.4, -0.2) is 69.7 Å². The van der Waals surface area contributed by atoms with Crippen LogP contribution in [0.1, 0.15) is 64.2 Å². The molecule has 0 aromatic heterocycles. The van der Waals surface area contributed by atoms with Crippen molar-refractivity contribution in [1.82, 2.24) is 10.8 Å². The molecule has 6 unspecified atom stereocenters. The number of hydrogen-bond donors (Lipinski definition) is 4. The highest BCUT2D eigenvalue weighted by molar-refractivity contribution is 5.85. The van der Waals surface area contributed by atoms with Gasteiger partial charge in [-0.25, -0.2) is 5.48 Å². The molecular weight excluding hydrogens is 480 g/mol. The van der Waals surface area contributed by atoms with E-state index in [1.807, 2.05) is 0 Å². The van der Waals surface area contributed by atoms with E-state index in [0.29, 0.717) is 45.2 Å². The van der Waals surface area contributed by atoms with E-state index in [1.54, 1.807) is 0 Å². The summed E-state index contributed by atoms with van der Waals surface area (Å²) in [4.78, 5) is 62.1. The number of unbranched alkanes of at least 4 members (excludes halogenated alkanes) is 3. The number of hydroxylamine groups is 1.